The van der Waals surface area contributed by atoms with Crippen molar-refractivity contribution in [2.75, 3.05) is 5.75 Å². The Hall–Kier alpha value is -0.530. The Balaban J connectivity index is 1.86. The fraction of sp³-hybridized carbons (Fsp3) is 0.556. The van der Waals surface area contributed by atoms with Gasteiger partial charge in [0.15, 0.2) is 4.34 Å². The molecule has 0 saturated heterocycles. The van der Waals surface area contributed by atoms with E-state index in [1.165, 1.54) is 17.8 Å². The molecule has 0 spiro atoms. The van der Waals surface area contributed by atoms with Crippen molar-refractivity contribution in [1.82, 2.24) is 10.2 Å². The largest absolute Gasteiger partial charge is 0.174 e. The normalized spacial score (nSPS) is 15.6. The Morgan fingerprint density at radius 3 is 3.08 bits per heavy atom. The smallest absolute Gasteiger partial charge is 0.142 e. The molecule has 0 aliphatic heterocycles. The van der Waals surface area contributed by atoms with E-state index < -0.39 is 0 Å². The Morgan fingerprint density at radius 1 is 1.54 bits per heavy atom. The van der Waals surface area contributed by atoms with Gasteiger partial charge in [-0.2, -0.15) is 0 Å². The van der Waals surface area contributed by atoms with Gasteiger partial charge < -0.3 is 0 Å². The van der Waals surface area contributed by atoms with Crippen LogP contribution in [0.5, 0.6) is 0 Å². The van der Waals surface area contributed by atoms with Gasteiger partial charge >= 0.3 is 0 Å². The highest BCUT2D eigenvalue weighted by Crippen LogP contribution is 2.42. The average molecular weight is 210 g/mol. The lowest BCUT2D eigenvalue weighted by atomic mass is 10.5. The first-order valence-electron chi connectivity index (χ1n) is 4.30. The maximum absolute atomic E-state index is 5.16. The van der Waals surface area contributed by atoms with Gasteiger partial charge in [0.05, 0.1) is 0 Å². The van der Waals surface area contributed by atoms with Crippen LogP contribution in [0.25, 0.3) is 0 Å². The summed E-state index contributed by atoms with van der Waals surface area (Å²) in [5.41, 5.74) is 0. The van der Waals surface area contributed by atoms with Gasteiger partial charge in [-0.3, -0.25) is 0 Å². The topological polar surface area (TPSA) is 25.8 Å². The molecule has 1 aliphatic carbocycles. The molecule has 2 nitrogen and oxygen atoms in total. The van der Waals surface area contributed by atoms with E-state index in [2.05, 4.69) is 16.1 Å². The van der Waals surface area contributed by atoms with Crippen LogP contribution in [0.3, 0.4) is 0 Å². The summed E-state index contributed by atoms with van der Waals surface area (Å²) in [4.78, 5) is 0. The van der Waals surface area contributed by atoms with Gasteiger partial charge in [-0.05, 0) is 12.8 Å². The van der Waals surface area contributed by atoms with Crippen molar-refractivity contribution in [3.8, 4) is 12.3 Å². The van der Waals surface area contributed by atoms with E-state index >= 15 is 0 Å². The van der Waals surface area contributed by atoms with Crippen molar-refractivity contribution in [2.45, 2.75) is 29.5 Å². The zero-order valence-electron chi connectivity index (χ0n) is 7.19. The van der Waals surface area contributed by atoms with E-state index in [1.807, 2.05) is 0 Å². The molecule has 1 fully saturated rings. The Morgan fingerprint density at radius 2 is 2.38 bits per heavy atom. The zero-order valence-corrected chi connectivity index (χ0v) is 8.83. The van der Waals surface area contributed by atoms with E-state index in [1.54, 1.807) is 23.1 Å². The number of terminal acetylenes is 1. The summed E-state index contributed by atoms with van der Waals surface area (Å²) in [6.07, 6.45) is 8.56. The molecular weight excluding hydrogens is 200 g/mol. The van der Waals surface area contributed by atoms with Crippen LogP contribution in [0.4, 0.5) is 0 Å². The van der Waals surface area contributed by atoms with Crippen LogP contribution >= 0.6 is 23.1 Å². The van der Waals surface area contributed by atoms with Crippen molar-refractivity contribution in [3.63, 3.8) is 0 Å². The standard InChI is InChI=1S/C9H10N2S2/c1-2-3-6-12-9-11-10-8(13-9)7-4-5-7/h1,7H,3-6H2. The maximum Gasteiger partial charge on any atom is 0.174 e. The molecule has 1 saturated carbocycles. The quantitative estimate of drug-likeness (QED) is 0.434. The summed E-state index contributed by atoms with van der Waals surface area (Å²) in [5, 5.41) is 9.48. The lowest BCUT2D eigenvalue weighted by Crippen LogP contribution is -1.76. The molecule has 13 heavy (non-hydrogen) atoms. The second-order valence-electron chi connectivity index (χ2n) is 2.98. The SMILES string of the molecule is C#CCCSc1nnc(C2CC2)s1. The summed E-state index contributed by atoms with van der Waals surface area (Å²) in [5.74, 6) is 4.29. The molecule has 68 valence electrons. The van der Waals surface area contributed by atoms with Gasteiger partial charge in [-0.1, -0.05) is 23.1 Å². The van der Waals surface area contributed by atoms with Gasteiger partial charge in [0.25, 0.3) is 0 Å². The highest BCUT2D eigenvalue weighted by Gasteiger charge is 2.27. The van der Waals surface area contributed by atoms with E-state index in [0.717, 1.165) is 22.4 Å². The molecule has 1 aromatic rings. The molecule has 2 rings (SSSR count). The van der Waals surface area contributed by atoms with Crippen molar-refractivity contribution in [3.05, 3.63) is 5.01 Å². The van der Waals surface area contributed by atoms with E-state index in [-0.39, 0.29) is 0 Å². The number of aromatic nitrogens is 2. The lowest BCUT2D eigenvalue weighted by Gasteiger charge is -1.88. The zero-order chi connectivity index (χ0) is 9.10. The summed E-state index contributed by atoms with van der Waals surface area (Å²) < 4.78 is 1.07. The predicted octanol–water partition coefficient (Wildman–Crippen LogP) is 2.53. The van der Waals surface area contributed by atoms with Gasteiger partial charge in [0, 0.05) is 18.1 Å². The molecule has 0 radical (unpaired) electrons. The fourth-order valence-electron chi connectivity index (χ4n) is 0.971. The molecule has 0 atom stereocenters. The van der Waals surface area contributed by atoms with Gasteiger partial charge in [0.1, 0.15) is 5.01 Å². The molecule has 0 unspecified atom stereocenters. The van der Waals surface area contributed by atoms with Gasteiger partial charge in [-0.25, -0.2) is 0 Å². The Kier molecular flexibility index (Phi) is 2.87. The van der Waals surface area contributed by atoms with Crippen LogP contribution in [-0.2, 0) is 0 Å². The van der Waals surface area contributed by atoms with Crippen LogP contribution in [-0.4, -0.2) is 16.0 Å². The van der Waals surface area contributed by atoms with Gasteiger partial charge in [0.2, 0.25) is 0 Å². The summed E-state index contributed by atoms with van der Waals surface area (Å²) in [7, 11) is 0. The monoisotopic (exact) mass is 210 g/mol. The molecular formula is C9H10N2S2. The third kappa shape index (κ3) is 2.45. The number of nitrogens with zero attached hydrogens (tertiary/aromatic N) is 2. The van der Waals surface area contributed by atoms with Crippen LogP contribution in [0.15, 0.2) is 4.34 Å². The molecule has 1 aromatic heterocycles. The first-order chi connectivity index (χ1) is 6.40. The number of rotatable bonds is 4. The van der Waals surface area contributed by atoms with E-state index in [4.69, 9.17) is 6.42 Å². The fourth-order valence-corrected chi connectivity index (χ4v) is 2.95. The molecule has 4 heteroatoms. The average Bonchev–Trinajstić information content (AvgIpc) is 2.88. The second kappa shape index (κ2) is 4.12. The number of thioether (sulfide) groups is 1. The first-order valence-corrected chi connectivity index (χ1v) is 6.10. The predicted molar refractivity (Wildman–Crippen MR) is 56.1 cm³/mol. The van der Waals surface area contributed by atoms with Crippen molar-refractivity contribution >= 4 is 23.1 Å². The van der Waals surface area contributed by atoms with Crippen LogP contribution in [0.2, 0.25) is 0 Å². The number of hydrogen-bond donors (Lipinski definition) is 0. The summed E-state index contributed by atoms with van der Waals surface area (Å²) in [6, 6.07) is 0. The summed E-state index contributed by atoms with van der Waals surface area (Å²) >= 11 is 3.44. The van der Waals surface area contributed by atoms with Crippen molar-refractivity contribution in [2.24, 2.45) is 0 Å². The molecule has 0 aromatic carbocycles. The van der Waals surface area contributed by atoms with Crippen molar-refractivity contribution < 1.29 is 0 Å². The lowest BCUT2D eigenvalue weighted by molar-refractivity contribution is 0.937. The van der Waals surface area contributed by atoms with Crippen LogP contribution < -0.4 is 0 Å². The highest BCUT2D eigenvalue weighted by molar-refractivity contribution is 8.01. The third-order valence-electron chi connectivity index (χ3n) is 1.82. The maximum atomic E-state index is 5.16. The molecule has 1 aliphatic rings. The number of hydrogen-bond acceptors (Lipinski definition) is 4. The minimum atomic E-state index is 0.722. The van der Waals surface area contributed by atoms with Gasteiger partial charge in [-0.15, -0.1) is 22.5 Å². The third-order valence-corrected chi connectivity index (χ3v) is 4.04. The Labute approximate surface area is 86.2 Å². The molecule has 0 bridgehead atoms. The molecule has 1 heterocycles. The van der Waals surface area contributed by atoms with Crippen LogP contribution in [0.1, 0.15) is 30.2 Å². The Bertz CT molecular complexity index is 323. The first kappa shape index (κ1) is 9.04. The minimum Gasteiger partial charge on any atom is -0.142 e. The van der Waals surface area contributed by atoms with Crippen LogP contribution in [0, 0.1) is 12.3 Å². The molecule has 0 amide bonds. The van der Waals surface area contributed by atoms with Crippen molar-refractivity contribution in [1.29, 1.82) is 0 Å². The second-order valence-corrected chi connectivity index (χ2v) is 5.33. The van der Waals surface area contributed by atoms with E-state index in [0.29, 0.717) is 0 Å². The van der Waals surface area contributed by atoms with E-state index in [9.17, 15) is 0 Å². The molecule has 0 N–H and O–H groups in total. The summed E-state index contributed by atoms with van der Waals surface area (Å²) in [6.45, 7) is 0. The highest BCUT2D eigenvalue weighted by atomic mass is 32.2. The minimum absolute atomic E-state index is 0.722.